The van der Waals surface area contributed by atoms with Crippen LogP contribution in [0.15, 0.2) is 18.3 Å². The monoisotopic (exact) mass is 524 g/mol. The molecule has 0 aromatic carbocycles. The van der Waals surface area contributed by atoms with Crippen LogP contribution in [0.4, 0.5) is 29.7 Å². The van der Waals surface area contributed by atoms with Crippen molar-refractivity contribution in [1.82, 2.24) is 19.9 Å². The lowest BCUT2D eigenvalue weighted by atomic mass is 10.1. The molecule has 13 heteroatoms. The summed E-state index contributed by atoms with van der Waals surface area (Å²) in [6.45, 7) is 8.14. The van der Waals surface area contributed by atoms with Gasteiger partial charge in [-0.2, -0.15) is 18.2 Å². The van der Waals surface area contributed by atoms with E-state index in [1.165, 1.54) is 6.07 Å². The van der Waals surface area contributed by atoms with Gasteiger partial charge in [0.05, 0.1) is 24.5 Å². The Bertz CT molecular complexity index is 1110. The highest BCUT2D eigenvalue weighted by atomic mass is 19.4. The van der Waals surface area contributed by atoms with Crippen molar-refractivity contribution in [3.8, 4) is 17.1 Å². The predicted molar refractivity (Wildman–Crippen MR) is 129 cm³/mol. The maximum atomic E-state index is 13.8. The average molecular weight is 525 g/mol. The Hall–Kier alpha value is -3.35. The van der Waals surface area contributed by atoms with Crippen molar-refractivity contribution in [3.05, 3.63) is 23.9 Å². The SMILES string of the molecule is CC(C)(C)OC(=O)N1CCC(Oc2cc(-c3cnc(N)cc3C(F)(F)F)nc(N3CCOCC3)n2)CC1. The van der Waals surface area contributed by atoms with Crippen LogP contribution in [0, 0.1) is 0 Å². The molecular formula is C24H31F3N6O4. The van der Waals surface area contributed by atoms with Crippen molar-refractivity contribution in [2.75, 3.05) is 50.0 Å². The molecule has 0 unspecified atom stereocenters. The maximum Gasteiger partial charge on any atom is 0.417 e. The molecular weight excluding hydrogens is 493 g/mol. The summed E-state index contributed by atoms with van der Waals surface area (Å²) >= 11 is 0. The number of ether oxygens (including phenoxy) is 3. The van der Waals surface area contributed by atoms with Gasteiger partial charge in [-0.15, -0.1) is 0 Å². The molecule has 37 heavy (non-hydrogen) atoms. The molecule has 2 N–H and O–H groups in total. The van der Waals surface area contributed by atoms with Gasteiger partial charge in [0, 0.05) is 56.8 Å². The molecule has 0 spiro atoms. The topological polar surface area (TPSA) is 116 Å². The fraction of sp³-hybridized carbons (Fsp3) is 0.583. The summed E-state index contributed by atoms with van der Waals surface area (Å²) in [4.78, 5) is 28.6. The number of alkyl halides is 3. The van der Waals surface area contributed by atoms with E-state index in [4.69, 9.17) is 19.9 Å². The summed E-state index contributed by atoms with van der Waals surface area (Å²) in [6.07, 6.45) is -3.24. The summed E-state index contributed by atoms with van der Waals surface area (Å²) in [5.41, 5.74) is 3.81. The van der Waals surface area contributed by atoms with Crippen LogP contribution in [-0.4, -0.2) is 77.0 Å². The van der Waals surface area contributed by atoms with Crippen molar-refractivity contribution >= 4 is 17.9 Å². The zero-order chi connectivity index (χ0) is 26.8. The maximum absolute atomic E-state index is 13.8. The number of aromatic nitrogens is 3. The highest BCUT2D eigenvalue weighted by Crippen LogP contribution is 2.38. The quantitative estimate of drug-likeness (QED) is 0.638. The number of pyridine rings is 1. The zero-order valence-electron chi connectivity index (χ0n) is 21.0. The number of carbonyl (C=O) groups excluding carboxylic acids is 1. The molecule has 2 fully saturated rings. The number of anilines is 2. The fourth-order valence-electron chi connectivity index (χ4n) is 4.08. The number of likely N-dealkylation sites (tertiary alicyclic amines) is 1. The second kappa shape index (κ2) is 10.6. The van der Waals surface area contributed by atoms with Crippen molar-refractivity contribution in [3.63, 3.8) is 0 Å². The second-order valence-corrected chi connectivity index (χ2v) is 9.93. The largest absolute Gasteiger partial charge is 0.474 e. The van der Waals surface area contributed by atoms with E-state index in [-0.39, 0.29) is 41.1 Å². The normalized spacial score (nSPS) is 17.6. The minimum Gasteiger partial charge on any atom is -0.474 e. The predicted octanol–water partition coefficient (Wildman–Crippen LogP) is 3.75. The average Bonchev–Trinajstić information content (AvgIpc) is 2.83. The number of nitrogens with two attached hydrogens (primary N) is 1. The minimum absolute atomic E-state index is 0.0255. The number of nitrogens with zero attached hydrogens (tertiary/aromatic N) is 5. The lowest BCUT2D eigenvalue weighted by molar-refractivity contribution is -0.137. The van der Waals surface area contributed by atoms with Crippen LogP contribution in [0.25, 0.3) is 11.3 Å². The van der Waals surface area contributed by atoms with E-state index in [0.717, 1.165) is 12.3 Å². The summed E-state index contributed by atoms with van der Waals surface area (Å²) in [6, 6.07) is 2.17. The van der Waals surface area contributed by atoms with Gasteiger partial charge in [0.1, 0.15) is 17.5 Å². The van der Waals surface area contributed by atoms with Gasteiger partial charge < -0.3 is 29.7 Å². The van der Waals surface area contributed by atoms with Gasteiger partial charge in [0.15, 0.2) is 0 Å². The molecule has 0 radical (unpaired) electrons. The summed E-state index contributed by atoms with van der Waals surface area (Å²) in [5.74, 6) is 0.144. The van der Waals surface area contributed by atoms with Crippen LogP contribution in [0.3, 0.4) is 0 Å². The molecule has 10 nitrogen and oxygen atoms in total. The van der Waals surface area contributed by atoms with Crippen LogP contribution in [0.5, 0.6) is 5.88 Å². The lowest BCUT2D eigenvalue weighted by Crippen LogP contribution is -2.44. The number of nitrogen functional groups attached to an aromatic ring is 1. The van der Waals surface area contributed by atoms with Gasteiger partial charge in [-0.1, -0.05) is 0 Å². The van der Waals surface area contributed by atoms with Crippen LogP contribution < -0.4 is 15.4 Å². The number of halogens is 3. The standard InChI is InChI=1S/C24H31F3N6O4/c1-23(2,3)37-22(34)33-6-4-15(5-7-33)36-20-13-18(30-21(31-20)32-8-10-35-11-9-32)16-14-29-19(28)12-17(16)24(25,26)27/h12-15H,4-11H2,1-3H3,(H2,28,29). The molecule has 2 aliphatic rings. The number of rotatable bonds is 4. The Labute approximate surface area is 212 Å². The number of morpholine rings is 1. The molecule has 0 bridgehead atoms. The Balaban J connectivity index is 1.59. The third-order valence-electron chi connectivity index (χ3n) is 5.87. The van der Waals surface area contributed by atoms with E-state index in [9.17, 15) is 18.0 Å². The van der Waals surface area contributed by atoms with Crippen molar-refractivity contribution < 1.29 is 32.2 Å². The number of hydrogen-bond acceptors (Lipinski definition) is 9. The Morgan fingerprint density at radius 3 is 2.38 bits per heavy atom. The van der Waals surface area contributed by atoms with Gasteiger partial charge in [-0.05, 0) is 26.8 Å². The lowest BCUT2D eigenvalue weighted by Gasteiger charge is -2.33. The first kappa shape index (κ1) is 26.7. The molecule has 0 atom stereocenters. The van der Waals surface area contributed by atoms with Gasteiger partial charge >= 0.3 is 12.3 Å². The van der Waals surface area contributed by atoms with Crippen LogP contribution in [0.2, 0.25) is 0 Å². The third kappa shape index (κ3) is 6.90. The molecule has 2 aromatic heterocycles. The highest BCUT2D eigenvalue weighted by Gasteiger charge is 2.35. The second-order valence-electron chi connectivity index (χ2n) is 9.93. The molecule has 4 heterocycles. The Kier molecular flexibility index (Phi) is 7.62. The van der Waals surface area contributed by atoms with Gasteiger partial charge in [-0.3, -0.25) is 0 Å². The van der Waals surface area contributed by atoms with Crippen molar-refractivity contribution in [2.24, 2.45) is 0 Å². The van der Waals surface area contributed by atoms with Gasteiger partial charge in [0.25, 0.3) is 0 Å². The smallest absolute Gasteiger partial charge is 0.417 e. The molecule has 0 saturated carbocycles. The number of hydrogen-bond donors (Lipinski definition) is 1. The van der Waals surface area contributed by atoms with E-state index < -0.39 is 17.3 Å². The minimum atomic E-state index is -4.66. The summed E-state index contributed by atoms with van der Waals surface area (Å²) in [7, 11) is 0. The Morgan fingerprint density at radius 1 is 1.08 bits per heavy atom. The molecule has 2 saturated heterocycles. The first-order valence-corrected chi connectivity index (χ1v) is 12.1. The van der Waals surface area contributed by atoms with Crippen LogP contribution in [-0.2, 0) is 15.7 Å². The van der Waals surface area contributed by atoms with Crippen molar-refractivity contribution in [1.29, 1.82) is 0 Å². The molecule has 2 aliphatic heterocycles. The van der Waals surface area contributed by atoms with Gasteiger partial charge in [-0.25, -0.2) is 14.8 Å². The van der Waals surface area contributed by atoms with E-state index in [0.29, 0.717) is 52.2 Å². The third-order valence-corrected chi connectivity index (χ3v) is 5.87. The first-order valence-electron chi connectivity index (χ1n) is 12.1. The summed E-state index contributed by atoms with van der Waals surface area (Å²) in [5, 5.41) is 0. The van der Waals surface area contributed by atoms with Crippen molar-refractivity contribution in [2.45, 2.75) is 51.5 Å². The van der Waals surface area contributed by atoms with E-state index in [2.05, 4.69) is 15.0 Å². The Morgan fingerprint density at radius 2 is 1.76 bits per heavy atom. The van der Waals surface area contributed by atoms with E-state index in [1.807, 2.05) is 4.90 Å². The molecule has 0 aliphatic carbocycles. The van der Waals surface area contributed by atoms with Crippen LogP contribution in [0.1, 0.15) is 39.2 Å². The molecule has 1 amide bonds. The van der Waals surface area contributed by atoms with Gasteiger partial charge in [0.2, 0.25) is 11.8 Å². The van der Waals surface area contributed by atoms with E-state index in [1.54, 1.807) is 25.7 Å². The van der Waals surface area contributed by atoms with E-state index >= 15 is 0 Å². The molecule has 202 valence electrons. The molecule has 4 rings (SSSR count). The molecule has 2 aromatic rings. The number of amides is 1. The highest BCUT2D eigenvalue weighted by molar-refractivity contribution is 5.68. The van der Waals surface area contributed by atoms with Crippen LogP contribution >= 0.6 is 0 Å². The zero-order valence-corrected chi connectivity index (χ0v) is 21.0. The summed E-state index contributed by atoms with van der Waals surface area (Å²) < 4.78 is 58.4. The first-order chi connectivity index (χ1) is 17.4. The fourth-order valence-corrected chi connectivity index (χ4v) is 4.08. The number of piperidine rings is 1. The number of carbonyl (C=O) groups is 1.